The predicted molar refractivity (Wildman–Crippen MR) is 81.6 cm³/mol. The maximum atomic E-state index is 12.4. The number of carbonyl (C=O) groups excluding carboxylic acids is 1. The van der Waals surface area contributed by atoms with Gasteiger partial charge in [0, 0.05) is 6.54 Å². The molecule has 0 aliphatic heterocycles. The van der Waals surface area contributed by atoms with Crippen molar-refractivity contribution < 1.29 is 4.79 Å². The van der Waals surface area contributed by atoms with E-state index in [0.717, 1.165) is 40.7 Å². The third-order valence-electron chi connectivity index (χ3n) is 3.26. The first-order valence-electron chi connectivity index (χ1n) is 6.79. The number of hydrogen-bond donors (Lipinski definition) is 1. The number of rotatable bonds is 4. The van der Waals surface area contributed by atoms with E-state index in [9.17, 15) is 4.79 Å². The van der Waals surface area contributed by atoms with Crippen molar-refractivity contribution in [3.63, 3.8) is 0 Å². The SMILES string of the molecule is CCc1nc(C)sc1C(=O)Nc1c(C)nn(CC)c1C. The molecule has 0 atom stereocenters. The maximum Gasteiger partial charge on any atom is 0.267 e. The molecule has 0 spiro atoms. The molecule has 0 saturated carbocycles. The van der Waals surface area contributed by atoms with Crippen molar-refractivity contribution in [2.45, 2.75) is 47.6 Å². The average molecular weight is 292 g/mol. The largest absolute Gasteiger partial charge is 0.318 e. The van der Waals surface area contributed by atoms with Crippen LogP contribution in [0.4, 0.5) is 5.69 Å². The highest BCUT2D eigenvalue weighted by atomic mass is 32.1. The summed E-state index contributed by atoms with van der Waals surface area (Å²) in [6.45, 7) is 10.6. The van der Waals surface area contributed by atoms with Crippen LogP contribution in [0.15, 0.2) is 0 Å². The molecule has 0 unspecified atom stereocenters. The van der Waals surface area contributed by atoms with Gasteiger partial charge in [-0.25, -0.2) is 4.98 Å². The second-order valence-electron chi connectivity index (χ2n) is 4.68. The van der Waals surface area contributed by atoms with Gasteiger partial charge in [0.05, 0.1) is 27.8 Å². The summed E-state index contributed by atoms with van der Waals surface area (Å²) < 4.78 is 1.89. The van der Waals surface area contributed by atoms with Crippen LogP contribution in [0.25, 0.3) is 0 Å². The molecule has 1 N–H and O–H groups in total. The van der Waals surface area contributed by atoms with Gasteiger partial charge in [-0.15, -0.1) is 11.3 Å². The molecule has 6 heteroatoms. The van der Waals surface area contributed by atoms with Crippen molar-refractivity contribution >= 4 is 22.9 Å². The highest BCUT2D eigenvalue weighted by Crippen LogP contribution is 2.23. The molecular weight excluding hydrogens is 272 g/mol. The van der Waals surface area contributed by atoms with Crippen LogP contribution in [-0.2, 0) is 13.0 Å². The first-order valence-corrected chi connectivity index (χ1v) is 7.61. The summed E-state index contributed by atoms with van der Waals surface area (Å²) in [6.07, 6.45) is 0.763. The normalized spacial score (nSPS) is 10.8. The van der Waals surface area contributed by atoms with Crippen LogP contribution in [0.3, 0.4) is 0 Å². The highest BCUT2D eigenvalue weighted by Gasteiger charge is 2.19. The lowest BCUT2D eigenvalue weighted by Gasteiger charge is -2.05. The number of aryl methyl sites for hydroxylation is 4. The summed E-state index contributed by atoms with van der Waals surface area (Å²) in [4.78, 5) is 17.5. The topological polar surface area (TPSA) is 59.8 Å². The summed E-state index contributed by atoms with van der Waals surface area (Å²) in [5, 5.41) is 8.32. The summed E-state index contributed by atoms with van der Waals surface area (Å²) in [5.74, 6) is -0.0886. The smallest absolute Gasteiger partial charge is 0.267 e. The molecule has 0 aliphatic rings. The number of hydrogen-bond acceptors (Lipinski definition) is 4. The van der Waals surface area contributed by atoms with Crippen molar-refractivity contribution in [3.05, 3.63) is 27.0 Å². The Morgan fingerprint density at radius 3 is 2.55 bits per heavy atom. The van der Waals surface area contributed by atoms with Crippen LogP contribution in [-0.4, -0.2) is 20.7 Å². The van der Waals surface area contributed by atoms with E-state index in [0.29, 0.717) is 4.88 Å². The Morgan fingerprint density at radius 1 is 1.30 bits per heavy atom. The Morgan fingerprint density at radius 2 is 2.00 bits per heavy atom. The zero-order valence-electron chi connectivity index (χ0n) is 12.6. The van der Waals surface area contributed by atoms with Gasteiger partial charge in [-0.3, -0.25) is 9.48 Å². The monoisotopic (exact) mass is 292 g/mol. The number of thiazole rings is 1. The molecular formula is C14H20N4OS. The highest BCUT2D eigenvalue weighted by molar-refractivity contribution is 7.13. The van der Waals surface area contributed by atoms with Gasteiger partial charge in [0.1, 0.15) is 4.88 Å². The van der Waals surface area contributed by atoms with Crippen LogP contribution < -0.4 is 5.32 Å². The number of amides is 1. The fraction of sp³-hybridized carbons (Fsp3) is 0.500. The van der Waals surface area contributed by atoms with Gasteiger partial charge in [0.25, 0.3) is 5.91 Å². The number of carbonyl (C=O) groups is 1. The lowest BCUT2D eigenvalue weighted by molar-refractivity contribution is 0.102. The van der Waals surface area contributed by atoms with Crippen LogP contribution in [0.1, 0.15) is 45.6 Å². The van der Waals surface area contributed by atoms with E-state index < -0.39 is 0 Å². The molecule has 0 aliphatic carbocycles. The van der Waals surface area contributed by atoms with Gasteiger partial charge in [0.15, 0.2) is 0 Å². The van der Waals surface area contributed by atoms with Crippen LogP contribution >= 0.6 is 11.3 Å². The van der Waals surface area contributed by atoms with E-state index in [1.165, 1.54) is 11.3 Å². The van der Waals surface area contributed by atoms with Gasteiger partial charge in [-0.1, -0.05) is 6.92 Å². The lowest BCUT2D eigenvalue weighted by atomic mass is 10.2. The third-order valence-corrected chi connectivity index (χ3v) is 4.28. The summed E-state index contributed by atoms with van der Waals surface area (Å²) >= 11 is 1.44. The van der Waals surface area contributed by atoms with Gasteiger partial charge >= 0.3 is 0 Å². The molecule has 0 bridgehead atoms. The first-order chi connectivity index (χ1) is 9.47. The second-order valence-corrected chi connectivity index (χ2v) is 5.88. The molecule has 2 heterocycles. The molecule has 20 heavy (non-hydrogen) atoms. The Bertz CT molecular complexity index is 642. The first kappa shape index (κ1) is 14.7. The number of aromatic nitrogens is 3. The Hall–Kier alpha value is -1.69. The molecule has 2 aromatic rings. The summed E-state index contributed by atoms with van der Waals surface area (Å²) in [7, 11) is 0. The molecule has 0 saturated heterocycles. The molecule has 108 valence electrons. The number of nitrogens with one attached hydrogen (secondary N) is 1. The van der Waals surface area contributed by atoms with Gasteiger partial charge in [-0.2, -0.15) is 5.10 Å². The second kappa shape index (κ2) is 5.75. The molecule has 0 radical (unpaired) electrons. The van der Waals surface area contributed by atoms with Crippen molar-refractivity contribution in [1.82, 2.24) is 14.8 Å². The molecule has 0 fully saturated rings. The Labute approximate surface area is 123 Å². The van der Waals surface area contributed by atoms with Crippen LogP contribution in [0, 0.1) is 20.8 Å². The fourth-order valence-electron chi connectivity index (χ4n) is 2.24. The standard InChI is InChI=1S/C14H20N4OS/c1-6-11-13(20-10(5)15-11)14(19)16-12-8(3)17-18(7-2)9(12)4/h6-7H2,1-5H3,(H,16,19). The lowest BCUT2D eigenvalue weighted by Crippen LogP contribution is -2.13. The predicted octanol–water partition coefficient (Wildman–Crippen LogP) is 3.10. The minimum Gasteiger partial charge on any atom is -0.318 e. The van der Waals surface area contributed by atoms with E-state index in [4.69, 9.17) is 0 Å². The van der Waals surface area contributed by atoms with Crippen molar-refractivity contribution in [1.29, 1.82) is 0 Å². The van der Waals surface area contributed by atoms with Crippen molar-refractivity contribution in [2.75, 3.05) is 5.32 Å². The zero-order chi connectivity index (χ0) is 14.9. The van der Waals surface area contributed by atoms with E-state index in [-0.39, 0.29) is 5.91 Å². The minimum absolute atomic E-state index is 0.0886. The average Bonchev–Trinajstić information content (AvgIpc) is 2.93. The van der Waals surface area contributed by atoms with Gasteiger partial charge in [-0.05, 0) is 34.1 Å². The van der Waals surface area contributed by atoms with Crippen molar-refractivity contribution in [2.24, 2.45) is 0 Å². The molecule has 0 aromatic carbocycles. The quantitative estimate of drug-likeness (QED) is 0.942. The fourth-order valence-corrected chi connectivity index (χ4v) is 3.15. The van der Waals surface area contributed by atoms with Gasteiger partial charge < -0.3 is 5.32 Å². The molecule has 2 aromatic heterocycles. The van der Waals surface area contributed by atoms with Crippen LogP contribution in [0.5, 0.6) is 0 Å². The van der Waals surface area contributed by atoms with E-state index in [1.807, 2.05) is 39.3 Å². The van der Waals surface area contributed by atoms with E-state index >= 15 is 0 Å². The van der Waals surface area contributed by atoms with Gasteiger partial charge in [0.2, 0.25) is 0 Å². The third kappa shape index (κ3) is 2.60. The molecule has 5 nitrogen and oxygen atoms in total. The van der Waals surface area contributed by atoms with E-state index in [2.05, 4.69) is 15.4 Å². The van der Waals surface area contributed by atoms with Crippen LogP contribution in [0.2, 0.25) is 0 Å². The number of nitrogens with zero attached hydrogens (tertiary/aromatic N) is 3. The summed E-state index contributed by atoms with van der Waals surface area (Å²) in [5.41, 5.74) is 3.50. The molecule has 2 rings (SSSR count). The molecule has 1 amide bonds. The van der Waals surface area contributed by atoms with E-state index in [1.54, 1.807) is 0 Å². The Balaban J connectivity index is 2.30. The Kier molecular flexibility index (Phi) is 4.23. The minimum atomic E-state index is -0.0886. The zero-order valence-corrected chi connectivity index (χ0v) is 13.4. The summed E-state index contributed by atoms with van der Waals surface area (Å²) in [6, 6.07) is 0. The van der Waals surface area contributed by atoms with Crippen molar-refractivity contribution in [3.8, 4) is 0 Å². The number of anilines is 1. The maximum absolute atomic E-state index is 12.4.